The summed E-state index contributed by atoms with van der Waals surface area (Å²) in [6.45, 7) is 1.93. The van der Waals surface area contributed by atoms with Gasteiger partial charge in [0.25, 0.3) is 0 Å². The van der Waals surface area contributed by atoms with Crippen molar-refractivity contribution in [2.75, 3.05) is 0 Å². The lowest BCUT2D eigenvalue weighted by Gasteiger charge is -1.88. The summed E-state index contributed by atoms with van der Waals surface area (Å²) in [5.41, 5.74) is 3.06. The summed E-state index contributed by atoms with van der Waals surface area (Å²) in [6.07, 6.45) is 3.16. The van der Waals surface area contributed by atoms with Gasteiger partial charge in [-0.3, -0.25) is 0 Å². The van der Waals surface area contributed by atoms with Crippen LogP contribution in [-0.2, 0) is 0 Å². The van der Waals surface area contributed by atoms with Gasteiger partial charge in [-0.1, -0.05) is 0 Å². The summed E-state index contributed by atoms with van der Waals surface area (Å²) in [5.74, 6) is 0. The Kier molecular flexibility index (Phi) is 1.33. The molecule has 0 amide bonds. The maximum Gasteiger partial charge on any atom is 0.229 e. The highest BCUT2D eigenvalue weighted by Crippen LogP contribution is 2.24. The third kappa shape index (κ3) is 0.907. The third-order valence-electron chi connectivity index (χ3n) is 2.14. The fourth-order valence-corrected chi connectivity index (χ4v) is 1.49. The molecule has 3 aromatic heterocycles. The van der Waals surface area contributed by atoms with Crippen molar-refractivity contribution >= 4 is 22.2 Å². The number of rotatable bonds is 0. The van der Waals surface area contributed by atoms with Gasteiger partial charge < -0.3 is 4.42 Å². The van der Waals surface area contributed by atoms with E-state index in [1.54, 1.807) is 6.20 Å². The summed E-state index contributed by atoms with van der Waals surface area (Å²) >= 11 is 0. The molecule has 0 aliphatic carbocycles. The average Bonchev–Trinajstić information content (AvgIpc) is 2.54. The molecule has 3 heterocycles. The predicted octanol–water partition coefficient (Wildman–Crippen LogP) is 2.08. The van der Waals surface area contributed by atoms with E-state index in [1.807, 2.05) is 19.1 Å². The Labute approximate surface area is 79.6 Å². The molecule has 4 heteroatoms. The molecule has 68 valence electrons. The monoisotopic (exact) mass is 185 g/mol. The number of fused-ring (bicyclic) bond motifs is 3. The topological polar surface area (TPSA) is 51.8 Å². The van der Waals surface area contributed by atoms with Gasteiger partial charge in [-0.05, 0) is 19.1 Å². The van der Waals surface area contributed by atoms with Crippen molar-refractivity contribution in [3.05, 3.63) is 30.4 Å². The summed E-state index contributed by atoms with van der Waals surface area (Å²) in [7, 11) is 0. The van der Waals surface area contributed by atoms with E-state index < -0.39 is 0 Å². The lowest BCUT2D eigenvalue weighted by molar-refractivity contribution is 0.650. The van der Waals surface area contributed by atoms with Crippen LogP contribution in [0.5, 0.6) is 0 Å². The predicted molar refractivity (Wildman–Crippen MR) is 51.8 cm³/mol. The van der Waals surface area contributed by atoms with Gasteiger partial charge in [0.1, 0.15) is 11.8 Å². The van der Waals surface area contributed by atoms with Crippen LogP contribution in [-0.4, -0.2) is 15.0 Å². The Balaban J connectivity index is 2.57. The lowest BCUT2D eigenvalue weighted by atomic mass is 10.3. The molecule has 4 nitrogen and oxygen atoms in total. The van der Waals surface area contributed by atoms with Crippen LogP contribution in [0.1, 0.15) is 5.69 Å². The van der Waals surface area contributed by atoms with E-state index in [1.165, 1.54) is 6.33 Å². The first-order valence-corrected chi connectivity index (χ1v) is 4.30. The van der Waals surface area contributed by atoms with E-state index in [0.717, 1.165) is 16.6 Å². The van der Waals surface area contributed by atoms with Crippen LogP contribution < -0.4 is 0 Å². The standard InChI is InChI=1S/C10H7N3O/c1-6-2-3-7-9-8(4-11-5-12-9)14-10(7)13-6/h2-5H,1H3. The Morgan fingerprint density at radius 2 is 2.21 bits per heavy atom. The number of aromatic nitrogens is 3. The van der Waals surface area contributed by atoms with Gasteiger partial charge in [-0.2, -0.15) is 0 Å². The first-order valence-electron chi connectivity index (χ1n) is 4.30. The Morgan fingerprint density at radius 1 is 1.29 bits per heavy atom. The van der Waals surface area contributed by atoms with Crippen LogP contribution >= 0.6 is 0 Å². The highest BCUT2D eigenvalue weighted by atomic mass is 16.3. The van der Waals surface area contributed by atoms with Crippen LogP contribution in [0.2, 0.25) is 0 Å². The molecule has 0 N–H and O–H groups in total. The number of aryl methyl sites for hydroxylation is 1. The van der Waals surface area contributed by atoms with E-state index in [4.69, 9.17) is 4.42 Å². The second-order valence-corrected chi connectivity index (χ2v) is 3.14. The van der Waals surface area contributed by atoms with Crippen molar-refractivity contribution in [1.29, 1.82) is 0 Å². The summed E-state index contributed by atoms with van der Waals surface area (Å²) in [5, 5.41) is 0.938. The maximum absolute atomic E-state index is 5.50. The molecule has 0 aliphatic heterocycles. The highest BCUT2D eigenvalue weighted by molar-refractivity contribution is 6.00. The van der Waals surface area contributed by atoms with E-state index in [0.29, 0.717) is 11.3 Å². The van der Waals surface area contributed by atoms with E-state index >= 15 is 0 Å². The van der Waals surface area contributed by atoms with Crippen molar-refractivity contribution in [2.45, 2.75) is 6.92 Å². The summed E-state index contributed by atoms with van der Waals surface area (Å²) in [6, 6.07) is 3.91. The number of furan rings is 1. The first kappa shape index (κ1) is 7.44. The molecule has 0 spiro atoms. The number of hydrogen-bond acceptors (Lipinski definition) is 4. The second-order valence-electron chi connectivity index (χ2n) is 3.14. The summed E-state index contributed by atoms with van der Waals surface area (Å²) in [4.78, 5) is 12.3. The first-order chi connectivity index (χ1) is 6.84. The van der Waals surface area contributed by atoms with Crippen molar-refractivity contribution in [3.63, 3.8) is 0 Å². The second kappa shape index (κ2) is 2.51. The normalized spacial score (nSPS) is 11.2. The van der Waals surface area contributed by atoms with Crippen molar-refractivity contribution in [3.8, 4) is 0 Å². The highest BCUT2D eigenvalue weighted by Gasteiger charge is 2.08. The number of nitrogens with zero attached hydrogens (tertiary/aromatic N) is 3. The molecule has 3 rings (SSSR count). The minimum Gasteiger partial charge on any atom is -0.434 e. The Morgan fingerprint density at radius 3 is 3.14 bits per heavy atom. The molecule has 0 aliphatic rings. The minimum atomic E-state index is 0.625. The van der Waals surface area contributed by atoms with Crippen molar-refractivity contribution in [2.24, 2.45) is 0 Å². The van der Waals surface area contributed by atoms with Crippen molar-refractivity contribution < 1.29 is 4.42 Å². The zero-order chi connectivity index (χ0) is 9.54. The maximum atomic E-state index is 5.50. The fraction of sp³-hybridized carbons (Fsp3) is 0.100. The van der Waals surface area contributed by atoms with Crippen LogP contribution in [0.4, 0.5) is 0 Å². The largest absolute Gasteiger partial charge is 0.434 e. The molecule has 0 saturated heterocycles. The molecule has 14 heavy (non-hydrogen) atoms. The smallest absolute Gasteiger partial charge is 0.229 e. The molecule has 0 fully saturated rings. The van der Waals surface area contributed by atoms with Crippen LogP contribution in [0, 0.1) is 6.92 Å². The Hall–Kier alpha value is -1.97. The van der Waals surface area contributed by atoms with Gasteiger partial charge in [0.15, 0.2) is 5.58 Å². The molecular weight excluding hydrogens is 178 g/mol. The van der Waals surface area contributed by atoms with Crippen molar-refractivity contribution in [1.82, 2.24) is 15.0 Å². The zero-order valence-electron chi connectivity index (χ0n) is 7.56. The van der Waals surface area contributed by atoms with Crippen LogP contribution in [0.25, 0.3) is 22.2 Å². The van der Waals surface area contributed by atoms with E-state index in [2.05, 4.69) is 15.0 Å². The molecule has 0 radical (unpaired) electrons. The number of hydrogen-bond donors (Lipinski definition) is 0. The van der Waals surface area contributed by atoms with Crippen LogP contribution in [0.15, 0.2) is 29.1 Å². The minimum absolute atomic E-state index is 0.625. The van der Waals surface area contributed by atoms with Gasteiger partial charge in [-0.15, -0.1) is 0 Å². The summed E-state index contributed by atoms with van der Waals surface area (Å²) < 4.78 is 5.50. The Bertz CT molecular complexity index is 615. The quantitative estimate of drug-likeness (QED) is 0.538. The van der Waals surface area contributed by atoms with Gasteiger partial charge in [-0.25, -0.2) is 15.0 Å². The molecule has 0 atom stereocenters. The lowest BCUT2D eigenvalue weighted by Crippen LogP contribution is -1.79. The molecular formula is C10H7N3O. The van der Waals surface area contributed by atoms with Gasteiger partial charge in [0, 0.05) is 5.69 Å². The molecule has 0 saturated carbocycles. The average molecular weight is 185 g/mol. The fourth-order valence-electron chi connectivity index (χ4n) is 1.49. The van der Waals surface area contributed by atoms with Gasteiger partial charge in [0.2, 0.25) is 5.71 Å². The molecule has 0 unspecified atom stereocenters. The van der Waals surface area contributed by atoms with E-state index in [9.17, 15) is 0 Å². The van der Waals surface area contributed by atoms with Gasteiger partial charge >= 0.3 is 0 Å². The SMILES string of the molecule is Cc1ccc2c(n1)oc1cncnc12. The number of pyridine rings is 1. The molecule has 0 bridgehead atoms. The van der Waals surface area contributed by atoms with E-state index in [-0.39, 0.29) is 0 Å². The zero-order valence-corrected chi connectivity index (χ0v) is 7.56. The molecule has 0 aromatic carbocycles. The molecule has 3 aromatic rings. The van der Waals surface area contributed by atoms with Crippen LogP contribution in [0.3, 0.4) is 0 Å². The van der Waals surface area contributed by atoms with Gasteiger partial charge in [0.05, 0.1) is 11.6 Å². The third-order valence-corrected chi connectivity index (χ3v) is 2.14.